The zero-order valence-electron chi connectivity index (χ0n) is 13.6. The van der Waals surface area contributed by atoms with Crippen LogP contribution in [0.4, 0.5) is 4.39 Å². The molecule has 2 aliphatic carbocycles. The van der Waals surface area contributed by atoms with Gasteiger partial charge in [0.15, 0.2) is 0 Å². The van der Waals surface area contributed by atoms with Gasteiger partial charge in [0.05, 0.1) is 12.1 Å². The Morgan fingerprint density at radius 1 is 1.13 bits per heavy atom. The van der Waals surface area contributed by atoms with E-state index < -0.39 is 18.3 Å². The molecule has 3 fully saturated rings. The molecule has 0 radical (unpaired) electrons. The Labute approximate surface area is 147 Å². The molecule has 23 heavy (non-hydrogen) atoms. The van der Waals surface area contributed by atoms with E-state index in [1.807, 2.05) is 11.8 Å². The monoisotopic (exact) mass is 365 g/mol. The van der Waals surface area contributed by atoms with E-state index in [0.29, 0.717) is 23.5 Å². The van der Waals surface area contributed by atoms with Gasteiger partial charge in [0.25, 0.3) is 0 Å². The van der Waals surface area contributed by atoms with Gasteiger partial charge in [-0.15, -0.1) is 11.6 Å². The lowest BCUT2D eigenvalue weighted by atomic mass is 9.73. The van der Waals surface area contributed by atoms with E-state index in [0.717, 1.165) is 51.7 Å². The molecular weight excluding hydrogens is 337 g/mol. The van der Waals surface area contributed by atoms with Crippen LogP contribution in [0.25, 0.3) is 0 Å². The summed E-state index contributed by atoms with van der Waals surface area (Å²) in [5, 5.41) is 11.1. The summed E-state index contributed by atoms with van der Waals surface area (Å²) < 4.78 is 19.9. The molecule has 0 aromatic carbocycles. The summed E-state index contributed by atoms with van der Waals surface area (Å²) in [5.74, 6) is 0.190. The van der Waals surface area contributed by atoms with Gasteiger partial charge in [-0.05, 0) is 57.3 Å². The van der Waals surface area contributed by atoms with Gasteiger partial charge in [0.2, 0.25) is 0 Å². The molecule has 1 heterocycles. The minimum atomic E-state index is -1.09. The average molecular weight is 366 g/mol. The summed E-state index contributed by atoms with van der Waals surface area (Å²) in [6.45, 7) is 1.49. The minimum absolute atomic E-state index is 0.0352. The summed E-state index contributed by atoms with van der Waals surface area (Å²) in [6, 6.07) is -0.722. The largest absolute Gasteiger partial charge is 0.391 e. The predicted molar refractivity (Wildman–Crippen MR) is 93.9 cm³/mol. The average Bonchev–Trinajstić information content (AvgIpc) is 2.55. The normalized spacial score (nSPS) is 44.9. The first-order valence-electron chi connectivity index (χ1n) is 8.97. The molecular formula is C17H29ClFNO2S. The number of ether oxygens (including phenoxy) is 1. The molecule has 0 aromatic heterocycles. The van der Waals surface area contributed by atoms with Gasteiger partial charge in [0.1, 0.15) is 6.17 Å². The summed E-state index contributed by atoms with van der Waals surface area (Å²) in [7, 11) is 0. The number of alkyl halides is 2. The molecule has 6 heteroatoms. The highest BCUT2D eigenvalue weighted by atomic mass is 35.5. The van der Waals surface area contributed by atoms with E-state index in [1.54, 1.807) is 0 Å². The molecule has 0 spiro atoms. The van der Waals surface area contributed by atoms with Gasteiger partial charge < -0.3 is 15.6 Å². The minimum Gasteiger partial charge on any atom is -0.391 e. The summed E-state index contributed by atoms with van der Waals surface area (Å²) in [4.78, 5) is 0. The fraction of sp³-hybridized carbons (Fsp3) is 1.00. The fourth-order valence-corrected chi connectivity index (χ4v) is 6.67. The Hall–Kier alpha value is 0.450. The molecule has 0 amide bonds. The first kappa shape index (κ1) is 18.2. The van der Waals surface area contributed by atoms with Gasteiger partial charge >= 0.3 is 0 Å². The summed E-state index contributed by atoms with van der Waals surface area (Å²) >= 11 is 8.28. The molecule has 0 bridgehead atoms. The predicted octanol–water partition coefficient (Wildman–Crippen LogP) is 3.26. The maximum Gasteiger partial charge on any atom is 0.118 e. The number of thioether (sulfide) groups is 1. The fourth-order valence-electron chi connectivity index (χ4n) is 4.46. The van der Waals surface area contributed by atoms with Crippen molar-refractivity contribution in [1.29, 1.82) is 0 Å². The van der Waals surface area contributed by atoms with Gasteiger partial charge in [0, 0.05) is 28.6 Å². The first-order chi connectivity index (χ1) is 11.0. The number of aliphatic hydroxyl groups excluding tert-OH is 1. The van der Waals surface area contributed by atoms with E-state index in [4.69, 9.17) is 22.1 Å². The highest BCUT2D eigenvalue weighted by Crippen LogP contribution is 2.51. The number of halogens is 2. The molecule has 3 N–H and O–H groups in total. The highest BCUT2D eigenvalue weighted by molar-refractivity contribution is 8.01. The van der Waals surface area contributed by atoms with Crippen LogP contribution in [0.1, 0.15) is 51.4 Å². The highest BCUT2D eigenvalue weighted by Gasteiger charge is 2.48. The van der Waals surface area contributed by atoms with Crippen molar-refractivity contribution in [2.75, 3.05) is 13.2 Å². The number of hydrogen-bond acceptors (Lipinski definition) is 4. The van der Waals surface area contributed by atoms with Gasteiger partial charge in [-0.3, -0.25) is 0 Å². The van der Waals surface area contributed by atoms with Crippen LogP contribution in [-0.4, -0.2) is 52.0 Å². The Kier molecular flexibility index (Phi) is 6.17. The second kappa shape index (κ2) is 7.77. The molecule has 1 saturated heterocycles. The Morgan fingerprint density at radius 3 is 2.39 bits per heavy atom. The van der Waals surface area contributed by atoms with Crippen molar-refractivity contribution in [3.63, 3.8) is 0 Å². The number of aliphatic hydroxyl groups is 1. The van der Waals surface area contributed by atoms with E-state index in [2.05, 4.69) is 0 Å². The van der Waals surface area contributed by atoms with Crippen LogP contribution in [0.2, 0.25) is 0 Å². The van der Waals surface area contributed by atoms with Crippen LogP contribution in [-0.2, 0) is 4.74 Å². The lowest BCUT2D eigenvalue weighted by Gasteiger charge is -2.49. The molecule has 2 saturated carbocycles. The smallest absolute Gasteiger partial charge is 0.118 e. The summed E-state index contributed by atoms with van der Waals surface area (Å²) in [6.07, 6.45) is 5.66. The van der Waals surface area contributed by atoms with E-state index in [-0.39, 0.29) is 10.7 Å². The molecule has 1 aliphatic heterocycles. The number of rotatable bonds is 3. The third-order valence-electron chi connectivity index (χ3n) is 5.99. The van der Waals surface area contributed by atoms with Crippen LogP contribution in [0.15, 0.2) is 0 Å². The molecule has 3 rings (SSSR count). The Morgan fingerprint density at radius 2 is 1.78 bits per heavy atom. The number of hydrogen-bond donors (Lipinski definition) is 2. The second-order valence-corrected chi connectivity index (χ2v) is 9.83. The molecule has 4 unspecified atom stereocenters. The molecule has 0 aromatic rings. The number of nitrogens with two attached hydrogens (primary N) is 1. The topological polar surface area (TPSA) is 55.5 Å². The zero-order valence-corrected chi connectivity index (χ0v) is 15.2. The Balaban J connectivity index is 1.71. The van der Waals surface area contributed by atoms with Crippen LogP contribution in [0, 0.1) is 5.92 Å². The molecule has 4 atom stereocenters. The second-order valence-electron chi connectivity index (χ2n) is 7.50. The van der Waals surface area contributed by atoms with Crippen LogP contribution in [0.3, 0.4) is 0 Å². The van der Waals surface area contributed by atoms with Crippen molar-refractivity contribution < 1.29 is 14.2 Å². The van der Waals surface area contributed by atoms with Crippen molar-refractivity contribution >= 4 is 23.4 Å². The SMILES string of the molecule is NC1C(O)CC(C2(SC3CCC(Cl)CC3)CCOCC2)CC1F. The maximum atomic E-state index is 14.3. The first-order valence-corrected chi connectivity index (χ1v) is 10.3. The summed E-state index contributed by atoms with van der Waals surface area (Å²) in [5.41, 5.74) is 5.79. The maximum absolute atomic E-state index is 14.3. The molecule has 134 valence electrons. The third kappa shape index (κ3) is 4.17. The third-order valence-corrected chi connectivity index (χ3v) is 8.44. The molecule has 3 aliphatic rings. The van der Waals surface area contributed by atoms with Crippen molar-refractivity contribution in [2.45, 2.75) is 85.1 Å². The van der Waals surface area contributed by atoms with E-state index in [1.165, 1.54) is 0 Å². The van der Waals surface area contributed by atoms with Crippen molar-refractivity contribution in [3.8, 4) is 0 Å². The van der Waals surface area contributed by atoms with Gasteiger partial charge in [-0.2, -0.15) is 11.8 Å². The van der Waals surface area contributed by atoms with Crippen LogP contribution < -0.4 is 5.73 Å². The standard InChI is InChI=1S/C17H29ClFNO2S/c18-12-1-3-13(4-2-12)23-17(5-7-22-8-6-17)11-9-14(19)16(20)15(21)10-11/h11-16,21H,1-10,20H2. The van der Waals surface area contributed by atoms with Gasteiger partial charge in [-0.1, -0.05) is 0 Å². The quantitative estimate of drug-likeness (QED) is 0.754. The van der Waals surface area contributed by atoms with Gasteiger partial charge in [-0.25, -0.2) is 4.39 Å². The Bertz CT molecular complexity index is 377. The van der Waals surface area contributed by atoms with Crippen molar-refractivity contribution in [2.24, 2.45) is 11.7 Å². The van der Waals surface area contributed by atoms with E-state index >= 15 is 0 Å². The molecule has 3 nitrogen and oxygen atoms in total. The lowest BCUT2D eigenvalue weighted by Crippen LogP contribution is -2.54. The lowest BCUT2D eigenvalue weighted by molar-refractivity contribution is -0.00434. The van der Waals surface area contributed by atoms with Crippen LogP contribution >= 0.6 is 23.4 Å². The van der Waals surface area contributed by atoms with Crippen molar-refractivity contribution in [1.82, 2.24) is 0 Å². The van der Waals surface area contributed by atoms with Crippen molar-refractivity contribution in [3.05, 3.63) is 0 Å². The van der Waals surface area contributed by atoms with E-state index in [9.17, 15) is 9.50 Å². The zero-order chi connectivity index (χ0) is 16.4. The van der Waals surface area contributed by atoms with Crippen LogP contribution in [0.5, 0.6) is 0 Å².